The van der Waals surface area contributed by atoms with Crippen molar-refractivity contribution >= 4 is 87.3 Å². The zero-order valence-electron chi connectivity index (χ0n) is 15.2. The lowest BCUT2D eigenvalue weighted by Gasteiger charge is -2.26. The number of hydrogen-bond donors (Lipinski definition) is 2. The van der Waals surface area contributed by atoms with Crippen LogP contribution in [0.3, 0.4) is 0 Å². The van der Waals surface area contributed by atoms with Crippen molar-refractivity contribution in [1.82, 2.24) is 5.32 Å². The Bertz CT molecular complexity index is 1030. The molecule has 1 aliphatic heterocycles. The summed E-state index contributed by atoms with van der Waals surface area (Å²) in [7, 11) is 0. The quantitative estimate of drug-likeness (QED) is 0.471. The van der Waals surface area contributed by atoms with Gasteiger partial charge >= 0.3 is 0 Å². The zero-order valence-corrected chi connectivity index (χ0v) is 19.8. The maximum atomic E-state index is 12.8. The van der Waals surface area contributed by atoms with Crippen molar-refractivity contribution in [3.8, 4) is 0 Å². The molecular formula is C20H15Cl5N2O2S. The van der Waals surface area contributed by atoms with Crippen LogP contribution in [-0.2, 0) is 4.79 Å². The predicted octanol–water partition coefficient (Wildman–Crippen LogP) is 6.02. The number of hydrogen-bond acceptors (Lipinski definition) is 3. The lowest BCUT2D eigenvalue weighted by Crippen LogP contribution is -2.43. The van der Waals surface area contributed by atoms with Crippen molar-refractivity contribution in [2.45, 2.75) is 16.3 Å². The number of anilines is 1. The van der Waals surface area contributed by atoms with E-state index < -0.39 is 16.2 Å². The summed E-state index contributed by atoms with van der Waals surface area (Å²) in [6, 6.07) is 9.92. The van der Waals surface area contributed by atoms with Crippen LogP contribution in [0.25, 0.3) is 0 Å². The fraction of sp³-hybridized carbons (Fsp3) is 0.300. The lowest BCUT2D eigenvalue weighted by molar-refractivity contribution is -0.117. The molecule has 2 aromatic carbocycles. The number of thioether (sulfide) groups is 1. The minimum Gasteiger partial charge on any atom is -0.348 e. The molecule has 0 aromatic heterocycles. The summed E-state index contributed by atoms with van der Waals surface area (Å²) in [5.74, 6) is 0.0152. The third-order valence-corrected chi connectivity index (χ3v) is 8.38. The molecule has 2 amide bonds. The standard InChI is InChI=1S/C20H15Cl5N2O2S/c21-13-4-2-10(6-12(13)18(28)27-11-7-30-8-11)26-19(29)17-16(20(17,24)25)9-1-3-14(22)15(23)5-9/h1-6,11,16-17H,7-8H2,(H,26,29)(H,27,28)/t16-,17+/m1/s1. The first kappa shape index (κ1) is 22.4. The number of benzene rings is 2. The van der Waals surface area contributed by atoms with Crippen molar-refractivity contribution in [3.63, 3.8) is 0 Å². The molecule has 2 fully saturated rings. The van der Waals surface area contributed by atoms with Crippen LogP contribution in [0.1, 0.15) is 21.8 Å². The third-order valence-electron chi connectivity index (χ3n) is 5.09. The van der Waals surface area contributed by atoms with Crippen LogP contribution in [-0.4, -0.2) is 33.7 Å². The van der Waals surface area contributed by atoms with Crippen molar-refractivity contribution < 1.29 is 9.59 Å². The highest BCUT2D eigenvalue weighted by Crippen LogP contribution is 2.65. The van der Waals surface area contributed by atoms with Crippen LogP contribution in [0, 0.1) is 5.92 Å². The highest BCUT2D eigenvalue weighted by atomic mass is 35.5. The van der Waals surface area contributed by atoms with E-state index in [9.17, 15) is 9.59 Å². The highest BCUT2D eigenvalue weighted by Gasteiger charge is 2.67. The third kappa shape index (κ3) is 4.38. The fourth-order valence-electron chi connectivity index (χ4n) is 3.35. The Kier molecular flexibility index (Phi) is 6.42. The lowest BCUT2D eigenvalue weighted by atomic mass is 10.1. The van der Waals surface area contributed by atoms with Gasteiger partial charge < -0.3 is 10.6 Å². The van der Waals surface area contributed by atoms with Gasteiger partial charge in [-0.05, 0) is 35.9 Å². The average Bonchev–Trinajstić information content (AvgIpc) is 3.24. The summed E-state index contributed by atoms with van der Waals surface area (Å²) in [5, 5.41) is 6.77. The number of carbonyl (C=O) groups excluding carboxylic acids is 2. The summed E-state index contributed by atoms with van der Waals surface area (Å²) in [5.41, 5.74) is 1.46. The molecule has 2 atom stereocenters. The van der Waals surface area contributed by atoms with Gasteiger partial charge in [0.2, 0.25) is 5.91 Å². The smallest absolute Gasteiger partial charge is 0.253 e. The van der Waals surface area contributed by atoms with Crippen LogP contribution in [0.15, 0.2) is 36.4 Å². The monoisotopic (exact) mass is 522 g/mol. The second kappa shape index (κ2) is 8.61. The molecule has 30 heavy (non-hydrogen) atoms. The minimum atomic E-state index is -1.27. The van der Waals surface area contributed by atoms with E-state index in [1.807, 2.05) is 0 Å². The Balaban J connectivity index is 1.49. The van der Waals surface area contributed by atoms with E-state index in [0.29, 0.717) is 26.3 Å². The first-order valence-corrected chi connectivity index (χ1v) is 12.0. The second-order valence-corrected chi connectivity index (χ2v) is 10.9. The first-order chi connectivity index (χ1) is 14.2. The van der Waals surface area contributed by atoms with E-state index in [-0.39, 0.29) is 17.9 Å². The predicted molar refractivity (Wildman–Crippen MR) is 126 cm³/mol. The molecule has 1 heterocycles. The molecule has 2 aliphatic rings. The number of alkyl halides is 2. The van der Waals surface area contributed by atoms with Gasteiger partial charge in [-0.2, -0.15) is 11.8 Å². The Hall–Kier alpha value is -0.820. The molecule has 1 saturated heterocycles. The molecule has 0 bridgehead atoms. The maximum absolute atomic E-state index is 12.8. The molecule has 0 spiro atoms. The van der Waals surface area contributed by atoms with E-state index in [0.717, 1.165) is 17.1 Å². The molecule has 0 unspecified atom stereocenters. The van der Waals surface area contributed by atoms with E-state index in [4.69, 9.17) is 58.0 Å². The Morgan fingerprint density at radius 3 is 2.30 bits per heavy atom. The Morgan fingerprint density at radius 2 is 1.67 bits per heavy atom. The van der Waals surface area contributed by atoms with Crippen LogP contribution >= 0.6 is 69.8 Å². The van der Waals surface area contributed by atoms with Crippen LogP contribution in [0.4, 0.5) is 5.69 Å². The zero-order chi connectivity index (χ0) is 21.6. The van der Waals surface area contributed by atoms with Crippen molar-refractivity contribution in [2.24, 2.45) is 5.92 Å². The fourth-order valence-corrected chi connectivity index (χ4v) is 5.33. The van der Waals surface area contributed by atoms with E-state index in [1.165, 1.54) is 0 Å². The summed E-state index contributed by atoms with van der Waals surface area (Å²) in [6.07, 6.45) is 0. The van der Waals surface area contributed by atoms with Crippen LogP contribution in [0.5, 0.6) is 0 Å². The largest absolute Gasteiger partial charge is 0.348 e. The second-order valence-electron chi connectivity index (χ2n) is 7.20. The van der Waals surface area contributed by atoms with Crippen LogP contribution < -0.4 is 10.6 Å². The van der Waals surface area contributed by atoms with Gasteiger partial charge in [0.15, 0.2) is 0 Å². The molecule has 2 aromatic rings. The van der Waals surface area contributed by atoms with Gasteiger partial charge in [0.25, 0.3) is 5.91 Å². The van der Waals surface area contributed by atoms with Gasteiger partial charge in [-0.1, -0.05) is 40.9 Å². The normalized spacial score (nSPS) is 22.2. The molecule has 10 heteroatoms. The van der Waals surface area contributed by atoms with Gasteiger partial charge in [-0.25, -0.2) is 0 Å². The topological polar surface area (TPSA) is 58.2 Å². The number of amides is 2. The maximum Gasteiger partial charge on any atom is 0.253 e. The minimum absolute atomic E-state index is 0.142. The van der Waals surface area contributed by atoms with Gasteiger partial charge in [0.1, 0.15) is 4.33 Å². The Labute approximate surface area is 202 Å². The van der Waals surface area contributed by atoms with Gasteiger partial charge in [0.05, 0.1) is 26.5 Å². The van der Waals surface area contributed by atoms with E-state index in [1.54, 1.807) is 48.2 Å². The molecule has 1 aliphatic carbocycles. The summed E-state index contributed by atoms with van der Waals surface area (Å²) in [4.78, 5) is 25.3. The van der Waals surface area contributed by atoms with Crippen LogP contribution in [0.2, 0.25) is 15.1 Å². The van der Waals surface area contributed by atoms with Gasteiger partial charge in [0, 0.05) is 29.2 Å². The highest BCUT2D eigenvalue weighted by molar-refractivity contribution is 8.00. The van der Waals surface area contributed by atoms with Gasteiger partial charge in [-0.3, -0.25) is 9.59 Å². The molecule has 0 radical (unpaired) electrons. The summed E-state index contributed by atoms with van der Waals surface area (Å²) >= 11 is 32.8. The number of halogens is 5. The average molecular weight is 525 g/mol. The number of carbonyl (C=O) groups is 2. The molecule has 4 rings (SSSR count). The molecule has 2 N–H and O–H groups in total. The Morgan fingerprint density at radius 1 is 0.967 bits per heavy atom. The van der Waals surface area contributed by atoms with Crippen molar-refractivity contribution in [3.05, 3.63) is 62.6 Å². The molecule has 158 valence electrons. The molecule has 1 saturated carbocycles. The molecular weight excluding hydrogens is 510 g/mol. The summed E-state index contributed by atoms with van der Waals surface area (Å²) in [6.45, 7) is 0. The number of nitrogens with one attached hydrogen (secondary N) is 2. The van der Waals surface area contributed by atoms with Gasteiger partial charge in [-0.15, -0.1) is 23.2 Å². The molecule has 4 nitrogen and oxygen atoms in total. The van der Waals surface area contributed by atoms with Crippen molar-refractivity contribution in [2.75, 3.05) is 16.8 Å². The van der Waals surface area contributed by atoms with E-state index in [2.05, 4.69) is 10.6 Å². The summed E-state index contributed by atoms with van der Waals surface area (Å²) < 4.78 is -1.27. The SMILES string of the molecule is O=C(NC1CSC1)c1cc(NC(=O)[C@@H]2[C@@H](c3ccc(Cl)c(Cl)c3)C2(Cl)Cl)ccc1Cl. The first-order valence-electron chi connectivity index (χ1n) is 9.00. The van der Waals surface area contributed by atoms with E-state index >= 15 is 0 Å². The number of rotatable bonds is 5. The van der Waals surface area contributed by atoms with Crippen molar-refractivity contribution in [1.29, 1.82) is 0 Å².